The number of nitrogens with zero attached hydrogens (tertiary/aromatic N) is 1. The van der Waals surface area contributed by atoms with Crippen molar-refractivity contribution < 1.29 is 0 Å². The first-order valence-corrected chi connectivity index (χ1v) is 5.25. The molecular formula is C12H11NS. The Morgan fingerprint density at radius 1 is 1.43 bits per heavy atom. The third-order valence-corrected chi connectivity index (χ3v) is 3.25. The zero-order valence-electron chi connectivity index (χ0n) is 8.03. The molecular weight excluding hydrogens is 190 g/mol. The molecule has 0 aliphatic heterocycles. The van der Waals surface area contributed by atoms with Gasteiger partial charge in [-0.05, 0) is 23.6 Å². The van der Waals surface area contributed by atoms with Crippen LogP contribution in [0.1, 0.15) is 4.88 Å². The summed E-state index contributed by atoms with van der Waals surface area (Å²) in [5.41, 5.74) is 0.964. The zero-order chi connectivity index (χ0) is 9.97. The highest BCUT2D eigenvalue weighted by atomic mass is 32.1. The summed E-state index contributed by atoms with van der Waals surface area (Å²) in [5.74, 6) is 0. The van der Waals surface area contributed by atoms with Crippen LogP contribution in [0.4, 0.5) is 0 Å². The van der Waals surface area contributed by atoms with Crippen LogP contribution in [0.2, 0.25) is 0 Å². The van der Waals surface area contributed by atoms with Crippen molar-refractivity contribution in [3.63, 3.8) is 0 Å². The molecule has 70 valence electrons. The fraction of sp³-hybridized carbons (Fsp3) is 0.0833. The lowest BCUT2D eigenvalue weighted by molar-refractivity contribution is 1.45. The van der Waals surface area contributed by atoms with Gasteiger partial charge in [-0.3, -0.25) is 4.99 Å². The Hall–Kier alpha value is -1.41. The fourth-order valence-electron chi connectivity index (χ4n) is 1.41. The first-order valence-electron chi connectivity index (χ1n) is 4.43. The summed E-state index contributed by atoms with van der Waals surface area (Å²) in [6.45, 7) is 3.75. The van der Waals surface area contributed by atoms with Crippen LogP contribution in [0.5, 0.6) is 0 Å². The van der Waals surface area contributed by atoms with E-state index in [0.29, 0.717) is 0 Å². The third-order valence-electron chi connectivity index (χ3n) is 2.11. The van der Waals surface area contributed by atoms with E-state index in [1.807, 2.05) is 0 Å². The van der Waals surface area contributed by atoms with Crippen LogP contribution < -0.4 is 0 Å². The lowest BCUT2D eigenvalue weighted by Gasteiger charge is -1.91. The average Bonchev–Trinajstić information content (AvgIpc) is 2.63. The molecule has 0 atom stereocenters. The normalized spacial score (nSPS) is 11.9. The second-order valence-electron chi connectivity index (χ2n) is 2.96. The SMILES string of the molecule is C=CC(=NC)c1cc2ccccc2s1. The van der Waals surface area contributed by atoms with Crippen LogP contribution in [-0.2, 0) is 0 Å². The molecule has 1 aromatic carbocycles. The molecule has 1 nitrogen and oxygen atoms in total. The summed E-state index contributed by atoms with van der Waals surface area (Å²) in [7, 11) is 1.79. The van der Waals surface area contributed by atoms with Gasteiger partial charge in [-0.2, -0.15) is 0 Å². The van der Waals surface area contributed by atoms with Gasteiger partial charge in [0.15, 0.2) is 0 Å². The van der Waals surface area contributed by atoms with Gasteiger partial charge < -0.3 is 0 Å². The molecule has 0 unspecified atom stereocenters. The first kappa shape index (κ1) is 9.16. The van der Waals surface area contributed by atoms with Crippen LogP contribution in [0.15, 0.2) is 48.0 Å². The molecule has 2 aromatic rings. The standard InChI is InChI=1S/C12H11NS/c1-3-10(13-2)12-8-9-6-4-5-7-11(9)14-12/h3-8H,1H2,2H3. The Kier molecular flexibility index (Phi) is 2.46. The summed E-state index contributed by atoms with van der Waals surface area (Å²) >= 11 is 1.75. The van der Waals surface area contributed by atoms with E-state index >= 15 is 0 Å². The second-order valence-corrected chi connectivity index (χ2v) is 4.05. The van der Waals surface area contributed by atoms with Crippen molar-refractivity contribution in [1.82, 2.24) is 0 Å². The van der Waals surface area contributed by atoms with Crippen LogP contribution in [0, 0.1) is 0 Å². The van der Waals surface area contributed by atoms with Crippen molar-refractivity contribution in [2.45, 2.75) is 0 Å². The Labute approximate surface area is 87.4 Å². The number of thiophene rings is 1. The Morgan fingerprint density at radius 3 is 2.86 bits per heavy atom. The molecule has 0 saturated carbocycles. The summed E-state index contributed by atoms with van der Waals surface area (Å²) in [6, 6.07) is 10.5. The summed E-state index contributed by atoms with van der Waals surface area (Å²) in [4.78, 5) is 5.37. The molecule has 14 heavy (non-hydrogen) atoms. The topological polar surface area (TPSA) is 12.4 Å². The van der Waals surface area contributed by atoms with Gasteiger partial charge in [0.05, 0.1) is 10.6 Å². The maximum atomic E-state index is 4.18. The molecule has 2 heteroatoms. The average molecular weight is 201 g/mol. The highest BCUT2D eigenvalue weighted by molar-refractivity contribution is 7.21. The molecule has 0 aliphatic carbocycles. The summed E-state index contributed by atoms with van der Waals surface area (Å²) in [5, 5.41) is 1.27. The molecule has 0 amide bonds. The van der Waals surface area contributed by atoms with Gasteiger partial charge in [-0.1, -0.05) is 24.8 Å². The third kappa shape index (κ3) is 1.49. The Bertz CT molecular complexity index is 461. The van der Waals surface area contributed by atoms with E-state index < -0.39 is 0 Å². The summed E-state index contributed by atoms with van der Waals surface area (Å²) < 4.78 is 1.30. The molecule has 2 rings (SSSR count). The monoisotopic (exact) mass is 201 g/mol. The minimum atomic E-state index is 0.964. The van der Waals surface area contributed by atoms with Crippen molar-refractivity contribution in [1.29, 1.82) is 0 Å². The maximum absolute atomic E-state index is 4.18. The van der Waals surface area contributed by atoms with Crippen molar-refractivity contribution in [3.8, 4) is 0 Å². The Morgan fingerprint density at radius 2 is 2.21 bits per heavy atom. The van der Waals surface area contributed by atoms with E-state index in [0.717, 1.165) is 5.71 Å². The number of fused-ring (bicyclic) bond motifs is 1. The van der Waals surface area contributed by atoms with Crippen LogP contribution >= 0.6 is 11.3 Å². The molecule has 1 heterocycles. The highest BCUT2D eigenvalue weighted by Gasteiger charge is 2.03. The minimum absolute atomic E-state index is 0.964. The summed E-state index contributed by atoms with van der Waals surface area (Å²) in [6.07, 6.45) is 1.80. The number of aliphatic imine (C=N–C) groups is 1. The van der Waals surface area contributed by atoms with E-state index in [1.165, 1.54) is 15.0 Å². The fourth-order valence-corrected chi connectivity index (χ4v) is 2.50. The van der Waals surface area contributed by atoms with E-state index in [2.05, 4.69) is 41.9 Å². The van der Waals surface area contributed by atoms with Crippen molar-refractivity contribution in [2.24, 2.45) is 4.99 Å². The smallest absolute Gasteiger partial charge is 0.0737 e. The molecule has 0 radical (unpaired) electrons. The molecule has 0 fully saturated rings. The molecule has 0 spiro atoms. The quantitative estimate of drug-likeness (QED) is 0.659. The van der Waals surface area contributed by atoms with Crippen LogP contribution in [0.25, 0.3) is 10.1 Å². The van der Waals surface area contributed by atoms with E-state index in [9.17, 15) is 0 Å². The van der Waals surface area contributed by atoms with Gasteiger partial charge in [0.1, 0.15) is 0 Å². The van der Waals surface area contributed by atoms with E-state index in [1.54, 1.807) is 24.5 Å². The molecule has 1 aromatic heterocycles. The number of allylic oxidation sites excluding steroid dienone is 1. The largest absolute Gasteiger partial charge is 0.287 e. The predicted octanol–water partition coefficient (Wildman–Crippen LogP) is 3.51. The highest BCUT2D eigenvalue weighted by Crippen LogP contribution is 2.25. The van der Waals surface area contributed by atoms with Gasteiger partial charge in [-0.15, -0.1) is 11.3 Å². The lowest BCUT2D eigenvalue weighted by atomic mass is 10.2. The first-order chi connectivity index (χ1) is 6.85. The van der Waals surface area contributed by atoms with E-state index in [4.69, 9.17) is 0 Å². The van der Waals surface area contributed by atoms with Crippen molar-refractivity contribution in [2.75, 3.05) is 7.05 Å². The van der Waals surface area contributed by atoms with Gasteiger partial charge in [-0.25, -0.2) is 0 Å². The number of hydrogen-bond acceptors (Lipinski definition) is 2. The van der Waals surface area contributed by atoms with Crippen LogP contribution in [0.3, 0.4) is 0 Å². The van der Waals surface area contributed by atoms with Crippen molar-refractivity contribution in [3.05, 3.63) is 47.9 Å². The Balaban J connectivity index is 2.60. The predicted molar refractivity (Wildman–Crippen MR) is 64.5 cm³/mol. The number of hydrogen-bond donors (Lipinski definition) is 0. The second kappa shape index (κ2) is 3.76. The van der Waals surface area contributed by atoms with Crippen LogP contribution in [-0.4, -0.2) is 12.8 Å². The zero-order valence-corrected chi connectivity index (χ0v) is 8.84. The maximum Gasteiger partial charge on any atom is 0.0737 e. The van der Waals surface area contributed by atoms with E-state index in [-0.39, 0.29) is 0 Å². The number of rotatable bonds is 2. The molecule has 0 saturated heterocycles. The molecule has 0 aliphatic rings. The van der Waals surface area contributed by atoms with Gasteiger partial charge in [0, 0.05) is 11.7 Å². The van der Waals surface area contributed by atoms with Gasteiger partial charge in [0.2, 0.25) is 0 Å². The van der Waals surface area contributed by atoms with Crippen molar-refractivity contribution >= 4 is 27.1 Å². The minimum Gasteiger partial charge on any atom is -0.287 e. The molecule has 0 bridgehead atoms. The van der Waals surface area contributed by atoms with Gasteiger partial charge >= 0.3 is 0 Å². The number of benzene rings is 1. The molecule has 0 N–H and O–H groups in total. The van der Waals surface area contributed by atoms with Gasteiger partial charge in [0.25, 0.3) is 0 Å². The lowest BCUT2D eigenvalue weighted by Crippen LogP contribution is -1.90.